The fraction of sp³-hybridized carbons (Fsp3) is 0.409. The zero-order valence-corrected chi connectivity index (χ0v) is 18.6. The molecule has 1 saturated heterocycles. The quantitative estimate of drug-likeness (QED) is 0.721. The minimum Gasteiger partial charge on any atom is -0.497 e. The molecule has 0 unspecified atom stereocenters. The molecule has 1 fully saturated rings. The Bertz CT molecular complexity index is 887. The number of methoxy groups -OCH3 is 5. The maximum Gasteiger partial charge on any atom is 0.321 e. The number of piperazine rings is 1. The van der Waals surface area contributed by atoms with Crippen molar-refractivity contribution < 1.29 is 28.5 Å². The fourth-order valence-corrected chi connectivity index (χ4v) is 3.55. The number of anilines is 2. The number of carbonyl (C=O) groups is 1. The molecule has 0 aromatic heterocycles. The standard InChI is InChI=1S/C22H29N3O6/c1-27-16-6-7-17(18(14-16)28-2)24-8-10-25(11-9-24)22(26)23-15-12-19(29-3)21(31-5)20(13-15)30-4/h6-7,12-14H,8-11H2,1-5H3,(H,23,26). The first-order chi connectivity index (χ1) is 15.0. The topological polar surface area (TPSA) is 81.7 Å². The van der Waals surface area contributed by atoms with Gasteiger partial charge < -0.3 is 38.8 Å². The van der Waals surface area contributed by atoms with Crippen LogP contribution in [0, 0.1) is 0 Å². The highest BCUT2D eigenvalue weighted by molar-refractivity contribution is 5.90. The summed E-state index contributed by atoms with van der Waals surface area (Å²) in [5.41, 5.74) is 1.55. The molecule has 0 aliphatic carbocycles. The van der Waals surface area contributed by atoms with Gasteiger partial charge in [-0.3, -0.25) is 0 Å². The van der Waals surface area contributed by atoms with Crippen LogP contribution in [0.1, 0.15) is 0 Å². The number of hydrogen-bond donors (Lipinski definition) is 1. The Balaban J connectivity index is 1.66. The first-order valence-electron chi connectivity index (χ1n) is 9.87. The lowest BCUT2D eigenvalue weighted by Gasteiger charge is -2.36. The SMILES string of the molecule is COc1ccc(N2CCN(C(=O)Nc3cc(OC)c(OC)c(OC)c3)CC2)c(OC)c1. The minimum absolute atomic E-state index is 0.185. The number of nitrogens with one attached hydrogen (secondary N) is 1. The molecule has 0 saturated carbocycles. The number of ether oxygens (including phenoxy) is 5. The van der Waals surface area contributed by atoms with E-state index in [1.54, 1.807) is 31.3 Å². The number of rotatable bonds is 7. The van der Waals surface area contributed by atoms with Crippen molar-refractivity contribution >= 4 is 17.4 Å². The zero-order valence-electron chi connectivity index (χ0n) is 18.6. The van der Waals surface area contributed by atoms with E-state index < -0.39 is 0 Å². The summed E-state index contributed by atoms with van der Waals surface area (Å²) >= 11 is 0. The van der Waals surface area contributed by atoms with Crippen LogP contribution in [0.25, 0.3) is 0 Å². The molecule has 9 nitrogen and oxygen atoms in total. The molecule has 2 amide bonds. The van der Waals surface area contributed by atoms with Crippen molar-refractivity contribution in [1.82, 2.24) is 4.90 Å². The predicted octanol–water partition coefficient (Wildman–Crippen LogP) is 3.08. The number of amides is 2. The molecule has 1 aliphatic heterocycles. The number of nitrogens with zero attached hydrogens (tertiary/aromatic N) is 2. The second-order valence-electron chi connectivity index (χ2n) is 6.86. The summed E-state index contributed by atoms with van der Waals surface area (Å²) in [4.78, 5) is 16.8. The summed E-state index contributed by atoms with van der Waals surface area (Å²) in [6, 6.07) is 8.97. The highest BCUT2D eigenvalue weighted by atomic mass is 16.5. The van der Waals surface area contributed by atoms with Gasteiger partial charge in [0, 0.05) is 44.4 Å². The molecular formula is C22H29N3O6. The Morgan fingerprint density at radius 3 is 1.90 bits per heavy atom. The smallest absolute Gasteiger partial charge is 0.321 e. The highest BCUT2D eigenvalue weighted by Gasteiger charge is 2.24. The summed E-state index contributed by atoms with van der Waals surface area (Å²) < 4.78 is 26.8. The van der Waals surface area contributed by atoms with Crippen molar-refractivity contribution in [2.45, 2.75) is 0 Å². The number of carbonyl (C=O) groups excluding carboxylic acids is 1. The summed E-state index contributed by atoms with van der Waals surface area (Å²) in [6.07, 6.45) is 0. The average molecular weight is 431 g/mol. The summed E-state index contributed by atoms with van der Waals surface area (Å²) in [6.45, 7) is 2.52. The Morgan fingerprint density at radius 1 is 0.774 bits per heavy atom. The number of benzene rings is 2. The van der Waals surface area contributed by atoms with E-state index in [0.717, 1.165) is 17.2 Å². The van der Waals surface area contributed by atoms with Gasteiger partial charge >= 0.3 is 6.03 Å². The minimum atomic E-state index is -0.185. The van der Waals surface area contributed by atoms with Gasteiger partial charge in [-0.1, -0.05) is 0 Å². The third kappa shape index (κ3) is 4.82. The zero-order chi connectivity index (χ0) is 22.4. The molecule has 2 aromatic carbocycles. The third-order valence-electron chi connectivity index (χ3n) is 5.21. The maximum absolute atomic E-state index is 12.8. The van der Waals surface area contributed by atoms with Crippen molar-refractivity contribution in [1.29, 1.82) is 0 Å². The molecule has 0 radical (unpaired) electrons. The van der Waals surface area contributed by atoms with E-state index in [1.165, 1.54) is 21.3 Å². The largest absolute Gasteiger partial charge is 0.497 e. The molecule has 0 atom stereocenters. The summed E-state index contributed by atoms with van der Waals surface area (Å²) in [5.74, 6) is 2.92. The van der Waals surface area contributed by atoms with Crippen LogP contribution in [-0.4, -0.2) is 72.7 Å². The summed E-state index contributed by atoms with van der Waals surface area (Å²) in [5, 5.41) is 2.92. The van der Waals surface area contributed by atoms with Crippen LogP contribution in [0.5, 0.6) is 28.7 Å². The van der Waals surface area contributed by atoms with Crippen LogP contribution in [0.4, 0.5) is 16.2 Å². The van der Waals surface area contributed by atoms with Gasteiger partial charge in [0.15, 0.2) is 11.5 Å². The van der Waals surface area contributed by atoms with E-state index >= 15 is 0 Å². The molecule has 1 N–H and O–H groups in total. The molecule has 0 spiro atoms. The van der Waals surface area contributed by atoms with Crippen LogP contribution < -0.4 is 33.9 Å². The van der Waals surface area contributed by atoms with E-state index in [9.17, 15) is 4.79 Å². The van der Waals surface area contributed by atoms with E-state index in [0.29, 0.717) is 49.1 Å². The lowest BCUT2D eigenvalue weighted by Crippen LogP contribution is -2.50. The van der Waals surface area contributed by atoms with Gasteiger partial charge in [-0.15, -0.1) is 0 Å². The third-order valence-corrected chi connectivity index (χ3v) is 5.21. The van der Waals surface area contributed by atoms with Crippen LogP contribution in [0.2, 0.25) is 0 Å². The van der Waals surface area contributed by atoms with Crippen molar-refractivity contribution in [3.8, 4) is 28.7 Å². The Hall–Kier alpha value is -3.49. The van der Waals surface area contributed by atoms with Gasteiger partial charge in [-0.05, 0) is 12.1 Å². The maximum atomic E-state index is 12.8. The van der Waals surface area contributed by atoms with Crippen molar-refractivity contribution in [3.05, 3.63) is 30.3 Å². The molecule has 2 aromatic rings. The number of hydrogen-bond acceptors (Lipinski definition) is 7. The molecule has 31 heavy (non-hydrogen) atoms. The summed E-state index contributed by atoms with van der Waals surface area (Å²) in [7, 11) is 7.88. The first-order valence-corrected chi connectivity index (χ1v) is 9.87. The molecular weight excluding hydrogens is 402 g/mol. The Morgan fingerprint density at radius 2 is 1.39 bits per heavy atom. The van der Waals surface area contributed by atoms with Gasteiger partial charge in [0.05, 0.1) is 46.9 Å². The molecule has 9 heteroatoms. The van der Waals surface area contributed by atoms with Gasteiger partial charge in [-0.2, -0.15) is 0 Å². The van der Waals surface area contributed by atoms with E-state index in [4.69, 9.17) is 23.7 Å². The van der Waals surface area contributed by atoms with E-state index in [1.807, 2.05) is 18.2 Å². The van der Waals surface area contributed by atoms with Crippen molar-refractivity contribution in [3.63, 3.8) is 0 Å². The fourth-order valence-electron chi connectivity index (χ4n) is 3.55. The first kappa shape index (κ1) is 22.2. The second kappa shape index (κ2) is 10.0. The lowest BCUT2D eigenvalue weighted by atomic mass is 10.2. The van der Waals surface area contributed by atoms with Crippen molar-refractivity contribution in [2.24, 2.45) is 0 Å². The molecule has 168 valence electrons. The highest BCUT2D eigenvalue weighted by Crippen LogP contribution is 2.40. The Kier molecular flexibility index (Phi) is 7.17. The van der Waals surface area contributed by atoms with E-state index in [-0.39, 0.29) is 6.03 Å². The van der Waals surface area contributed by atoms with Crippen LogP contribution in [-0.2, 0) is 0 Å². The predicted molar refractivity (Wildman–Crippen MR) is 118 cm³/mol. The molecule has 1 aliphatic rings. The molecule has 0 bridgehead atoms. The monoisotopic (exact) mass is 431 g/mol. The van der Waals surface area contributed by atoms with E-state index in [2.05, 4.69) is 10.2 Å². The average Bonchev–Trinajstić information content (AvgIpc) is 2.82. The number of urea groups is 1. The lowest BCUT2D eigenvalue weighted by molar-refractivity contribution is 0.208. The molecule has 3 rings (SSSR count). The van der Waals surface area contributed by atoms with Crippen molar-refractivity contribution in [2.75, 3.05) is 71.9 Å². The van der Waals surface area contributed by atoms with Gasteiger partial charge in [0.1, 0.15) is 11.5 Å². The van der Waals surface area contributed by atoms with Crippen LogP contribution in [0.15, 0.2) is 30.3 Å². The van der Waals surface area contributed by atoms with Gasteiger partial charge in [-0.25, -0.2) is 4.79 Å². The normalized spacial score (nSPS) is 13.5. The molecule has 1 heterocycles. The van der Waals surface area contributed by atoms with Gasteiger partial charge in [0.2, 0.25) is 5.75 Å². The second-order valence-corrected chi connectivity index (χ2v) is 6.86. The van der Waals surface area contributed by atoms with Gasteiger partial charge in [0.25, 0.3) is 0 Å². The van der Waals surface area contributed by atoms with Crippen LogP contribution >= 0.6 is 0 Å². The van der Waals surface area contributed by atoms with Crippen LogP contribution in [0.3, 0.4) is 0 Å². The Labute approximate surface area is 182 Å².